The van der Waals surface area contributed by atoms with Gasteiger partial charge in [0, 0.05) is 19.1 Å². The number of ether oxygens (including phenoxy) is 2. The van der Waals surface area contributed by atoms with Crippen LogP contribution in [0.4, 0.5) is 10.5 Å². The number of piperidine rings is 1. The third-order valence-corrected chi connectivity index (χ3v) is 5.43. The summed E-state index contributed by atoms with van der Waals surface area (Å²) in [6.45, 7) is 5.35. The molecule has 1 atom stereocenters. The van der Waals surface area contributed by atoms with E-state index >= 15 is 0 Å². The molecule has 0 radical (unpaired) electrons. The molecule has 7 nitrogen and oxygen atoms in total. The van der Waals surface area contributed by atoms with E-state index in [4.69, 9.17) is 9.47 Å². The van der Waals surface area contributed by atoms with Gasteiger partial charge in [0.2, 0.25) is 5.91 Å². The molecule has 0 saturated carbocycles. The average molecular weight is 426 g/mol. The zero-order valence-corrected chi connectivity index (χ0v) is 18.4. The predicted molar refractivity (Wildman–Crippen MR) is 120 cm³/mol. The summed E-state index contributed by atoms with van der Waals surface area (Å²) in [5.74, 6) is 0.469. The van der Waals surface area contributed by atoms with Gasteiger partial charge in [0.1, 0.15) is 11.8 Å². The maximum absolute atomic E-state index is 13.3. The van der Waals surface area contributed by atoms with Gasteiger partial charge in [-0.15, -0.1) is 0 Å². The summed E-state index contributed by atoms with van der Waals surface area (Å²) in [5.41, 5.74) is 2.57. The van der Waals surface area contributed by atoms with Crippen molar-refractivity contribution in [2.24, 2.45) is 0 Å². The van der Waals surface area contributed by atoms with Crippen molar-refractivity contribution in [3.63, 3.8) is 0 Å². The SMILES string of the molecule is CCOC(=O)N1CCC(N[C@H](C(=O)Nc2cc(C)ccc2OC)c2ccccc2)CC1. The van der Waals surface area contributed by atoms with Crippen LogP contribution in [0.1, 0.15) is 36.9 Å². The van der Waals surface area contributed by atoms with Crippen LogP contribution >= 0.6 is 0 Å². The van der Waals surface area contributed by atoms with Gasteiger partial charge in [-0.2, -0.15) is 0 Å². The molecule has 0 spiro atoms. The van der Waals surface area contributed by atoms with Crippen LogP contribution in [0.15, 0.2) is 48.5 Å². The number of carbonyl (C=O) groups is 2. The molecule has 166 valence electrons. The molecule has 0 bridgehead atoms. The fourth-order valence-corrected chi connectivity index (χ4v) is 3.77. The van der Waals surface area contributed by atoms with Gasteiger partial charge in [-0.25, -0.2) is 4.79 Å². The van der Waals surface area contributed by atoms with E-state index in [1.54, 1.807) is 18.9 Å². The monoisotopic (exact) mass is 425 g/mol. The lowest BCUT2D eigenvalue weighted by molar-refractivity contribution is -0.118. The maximum Gasteiger partial charge on any atom is 0.409 e. The molecule has 1 saturated heterocycles. The summed E-state index contributed by atoms with van der Waals surface area (Å²) < 4.78 is 10.5. The van der Waals surface area contributed by atoms with Gasteiger partial charge < -0.3 is 19.7 Å². The van der Waals surface area contributed by atoms with Crippen molar-refractivity contribution in [3.8, 4) is 5.75 Å². The minimum Gasteiger partial charge on any atom is -0.495 e. The number of methoxy groups -OCH3 is 1. The number of likely N-dealkylation sites (tertiary alicyclic amines) is 1. The first kappa shape index (κ1) is 22.6. The van der Waals surface area contributed by atoms with Gasteiger partial charge in [0.15, 0.2) is 0 Å². The molecular weight excluding hydrogens is 394 g/mol. The molecule has 1 aliphatic rings. The topological polar surface area (TPSA) is 79.9 Å². The van der Waals surface area contributed by atoms with E-state index < -0.39 is 6.04 Å². The van der Waals surface area contributed by atoms with E-state index in [2.05, 4.69) is 10.6 Å². The van der Waals surface area contributed by atoms with E-state index in [-0.39, 0.29) is 18.0 Å². The Bertz CT molecular complexity index is 880. The summed E-state index contributed by atoms with van der Waals surface area (Å²) in [4.78, 5) is 27.0. The molecule has 3 rings (SSSR count). The number of amides is 2. The zero-order valence-electron chi connectivity index (χ0n) is 18.4. The van der Waals surface area contributed by atoms with Crippen LogP contribution in [0.25, 0.3) is 0 Å². The number of anilines is 1. The minimum atomic E-state index is -0.523. The number of nitrogens with zero attached hydrogens (tertiary/aromatic N) is 1. The smallest absolute Gasteiger partial charge is 0.409 e. The van der Waals surface area contributed by atoms with Crippen LogP contribution in [0.5, 0.6) is 5.75 Å². The van der Waals surface area contributed by atoms with Crippen molar-refractivity contribution < 1.29 is 19.1 Å². The lowest BCUT2D eigenvalue weighted by atomic mass is 10.00. The van der Waals surface area contributed by atoms with E-state index in [0.717, 1.165) is 24.0 Å². The van der Waals surface area contributed by atoms with Gasteiger partial charge in [0.25, 0.3) is 0 Å². The molecule has 2 amide bonds. The second kappa shape index (κ2) is 10.8. The van der Waals surface area contributed by atoms with Gasteiger partial charge in [-0.1, -0.05) is 36.4 Å². The number of hydrogen-bond donors (Lipinski definition) is 2. The van der Waals surface area contributed by atoms with Crippen LogP contribution in [0, 0.1) is 6.92 Å². The number of hydrogen-bond acceptors (Lipinski definition) is 5. The molecule has 1 fully saturated rings. The van der Waals surface area contributed by atoms with E-state index in [1.807, 2.05) is 55.5 Å². The minimum absolute atomic E-state index is 0.112. The fourth-order valence-electron chi connectivity index (χ4n) is 3.77. The quantitative estimate of drug-likeness (QED) is 0.703. The summed E-state index contributed by atoms with van der Waals surface area (Å²) in [5, 5.41) is 6.53. The lowest BCUT2D eigenvalue weighted by Gasteiger charge is -2.33. The summed E-state index contributed by atoms with van der Waals surface area (Å²) >= 11 is 0. The van der Waals surface area contributed by atoms with Crippen molar-refractivity contribution in [1.29, 1.82) is 0 Å². The summed E-state index contributed by atoms with van der Waals surface area (Å²) in [7, 11) is 1.59. The number of carbonyl (C=O) groups excluding carboxylic acids is 2. The highest BCUT2D eigenvalue weighted by molar-refractivity contribution is 5.96. The summed E-state index contributed by atoms with van der Waals surface area (Å²) in [6.07, 6.45) is 1.23. The molecule has 1 heterocycles. The Morgan fingerprint density at radius 3 is 2.48 bits per heavy atom. The highest BCUT2D eigenvalue weighted by atomic mass is 16.6. The Morgan fingerprint density at radius 2 is 1.84 bits per heavy atom. The highest BCUT2D eigenvalue weighted by Gasteiger charge is 2.29. The Morgan fingerprint density at radius 1 is 1.13 bits per heavy atom. The third-order valence-electron chi connectivity index (χ3n) is 5.43. The van der Waals surface area contributed by atoms with Crippen molar-refractivity contribution in [2.75, 3.05) is 32.1 Å². The number of rotatable bonds is 7. The van der Waals surface area contributed by atoms with Crippen molar-refractivity contribution in [1.82, 2.24) is 10.2 Å². The molecule has 7 heteroatoms. The number of nitrogens with one attached hydrogen (secondary N) is 2. The van der Waals surface area contributed by atoms with E-state index in [0.29, 0.717) is 31.1 Å². The van der Waals surface area contributed by atoms with Gasteiger partial charge in [0.05, 0.1) is 19.4 Å². The van der Waals surface area contributed by atoms with Crippen LogP contribution in [-0.2, 0) is 9.53 Å². The largest absolute Gasteiger partial charge is 0.495 e. The summed E-state index contributed by atoms with van der Waals surface area (Å²) in [6, 6.07) is 14.9. The third kappa shape index (κ3) is 5.98. The molecule has 0 aromatic heterocycles. The first-order chi connectivity index (χ1) is 15.0. The zero-order chi connectivity index (χ0) is 22.2. The Hall–Kier alpha value is -3.06. The van der Waals surface area contributed by atoms with Crippen LogP contribution < -0.4 is 15.4 Å². The lowest BCUT2D eigenvalue weighted by Crippen LogP contribution is -2.47. The molecule has 0 unspecified atom stereocenters. The van der Waals surface area contributed by atoms with Gasteiger partial charge in [-0.3, -0.25) is 10.1 Å². The Kier molecular flexibility index (Phi) is 7.89. The molecule has 2 N–H and O–H groups in total. The van der Waals surface area contributed by atoms with E-state index in [9.17, 15) is 9.59 Å². The van der Waals surface area contributed by atoms with Crippen LogP contribution in [0.3, 0.4) is 0 Å². The molecule has 2 aromatic rings. The van der Waals surface area contributed by atoms with Gasteiger partial charge >= 0.3 is 6.09 Å². The van der Waals surface area contributed by atoms with Crippen molar-refractivity contribution in [2.45, 2.75) is 38.8 Å². The molecule has 31 heavy (non-hydrogen) atoms. The van der Waals surface area contributed by atoms with E-state index in [1.165, 1.54) is 0 Å². The molecule has 1 aliphatic heterocycles. The van der Waals surface area contributed by atoms with Crippen LogP contribution in [-0.4, -0.2) is 49.7 Å². The van der Waals surface area contributed by atoms with Crippen molar-refractivity contribution >= 4 is 17.7 Å². The van der Waals surface area contributed by atoms with Crippen molar-refractivity contribution in [3.05, 3.63) is 59.7 Å². The Balaban J connectivity index is 1.72. The van der Waals surface area contributed by atoms with Gasteiger partial charge in [-0.05, 0) is 49.9 Å². The standard InChI is InChI=1S/C24H31N3O4/c1-4-31-24(29)27-14-12-19(13-15-27)25-22(18-8-6-5-7-9-18)23(28)26-20-16-17(2)10-11-21(20)30-3/h5-11,16,19,22,25H,4,12-15H2,1-3H3,(H,26,28)/t22-/m0/s1. The Labute approximate surface area is 183 Å². The fraction of sp³-hybridized carbons (Fsp3) is 0.417. The predicted octanol–water partition coefficient (Wildman–Crippen LogP) is 3.89. The average Bonchev–Trinajstić information content (AvgIpc) is 2.78. The normalized spacial score (nSPS) is 15.3. The highest BCUT2D eigenvalue weighted by Crippen LogP contribution is 2.27. The molecule has 2 aromatic carbocycles. The second-order valence-electron chi connectivity index (χ2n) is 7.66. The first-order valence-electron chi connectivity index (χ1n) is 10.7. The molecule has 0 aliphatic carbocycles. The number of aryl methyl sites for hydroxylation is 1. The van der Waals surface area contributed by atoms with Crippen LogP contribution in [0.2, 0.25) is 0 Å². The second-order valence-corrected chi connectivity index (χ2v) is 7.66. The maximum atomic E-state index is 13.3. The first-order valence-corrected chi connectivity index (χ1v) is 10.7. The number of benzene rings is 2. The molecular formula is C24H31N3O4.